The predicted octanol–water partition coefficient (Wildman–Crippen LogP) is 0.755. The molecule has 0 saturated heterocycles. The lowest BCUT2D eigenvalue weighted by atomic mass is 10.5. The van der Waals surface area contributed by atoms with Crippen LogP contribution in [-0.4, -0.2) is 28.8 Å². The molecule has 0 unspecified atom stereocenters. The van der Waals surface area contributed by atoms with Gasteiger partial charge in [-0.25, -0.2) is 4.79 Å². The molecule has 66 valence electrons. The second-order valence-corrected chi connectivity index (χ2v) is 1.75. The topological polar surface area (TPSA) is 86.6 Å². The van der Waals surface area contributed by atoms with Crippen molar-refractivity contribution in [2.24, 2.45) is 0 Å². The predicted molar refractivity (Wildman–Crippen MR) is 39.6 cm³/mol. The lowest BCUT2D eigenvalue weighted by Crippen LogP contribution is -2.20. The van der Waals surface area contributed by atoms with Gasteiger partial charge in [-0.15, -0.1) is 0 Å². The van der Waals surface area contributed by atoms with Gasteiger partial charge in [0.1, 0.15) is 0 Å². The molecule has 0 bridgehead atoms. The average Bonchev–Trinajstić information content (AvgIpc) is 1.82. The number of carboxylic acids is 1. The molecule has 3 N–H and O–H groups in total. The van der Waals surface area contributed by atoms with Gasteiger partial charge in [-0.3, -0.25) is 4.79 Å². The molecule has 0 heterocycles. The van der Waals surface area contributed by atoms with Crippen LogP contribution in [0.15, 0.2) is 0 Å². The number of amides is 1. The Bertz CT molecular complexity index is 120. The van der Waals surface area contributed by atoms with Crippen LogP contribution < -0.4 is 5.32 Å². The zero-order valence-electron chi connectivity index (χ0n) is 6.63. The van der Waals surface area contributed by atoms with E-state index in [0.29, 0.717) is 6.54 Å². The quantitative estimate of drug-likeness (QED) is 0.560. The Morgan fingerprint density at radius 2 is 1.73 bits per heavy atom. The first-order valence-corrected chi connectivity index (χ1v) is 3.17. The molecule has 0 aromatic heterocycles. The number of carbonyl (C=O) groups is 2. The minimum Gasteiger partial charge on any atom is -0.481 e. The molecule has 0 saturated carbocycles. The van der Waals surface area contributed by atoms with E-state index in [-0.39, 0.29) is 0 Å². The lowest BCUT2D eigenvalue weighted by molar-refractivity contribution is -0.134. The summed E-state index contributed by atoms with van der Waals surface area (Å²) >= 11 is 0. The standard InChI is InChI=1S/C4H9NO2.C2H4O2/c1-2-3-5-4(6)7;1-2(3)4/h5H,2-3H2,1H3,(H,6,7);1H3,(H,3,4). The maximum Gasteiger partial charge on any atom is 0.404 e. The Hall–Kier alpha value is -1.26. The Morgan fingerprint density at radius 3 is 1.82 bits per heavy atom. The van der Waals surface area contributed by atoms with E-state index in [9.17, 15) is 4.79 Å². The second-order valence-electron chi connectivity index (χ2n) is 1.75. The van der Waals surface area contributed by atoms with Crippen LogP contribution in [0.3, 0.4) is 0 Å². The van der Waals surface area contributed by atoms with Crippen molar-refractivity contribution in [1.29, 1.82) is 0 Å². The summed E-state index contributed by atoms with van der Waals surface area (Å²) in [6.07, 6.45) is -0.0893. The molecule has 0 spiro atoms. The van der Waals surface area contributed by atoms with Crippen molar-refractivity contribution in [2.75, 3.05) is 6.54 Å². The fourth-order valence-electron chi connectivity index (χ4n) is 0.232. The van der Waals surface area contributed by atoms with Crippen molar-refractivity contribution in [3.05, 3.63) is 0 Å². The fourth-order valence-corrected chi connectivity index (χ4v) is 0.232. The first-order chi connectivity index (χ1) is 5.00. The van der Waals surface area contributed by atoms with E-state index in [1.807, 2.05) is 6.92 Å². The summed E-state index contributed by atoms with van der Waals surface area (Å²) in [7, 11) is 0. The third kappa shape index (κ3) is 52.9. The first kappa shape index (κ1) is 12.4. The molecule has 1 amide bonds. The van der Waals surface area contributed by atoms with Crippen molar-refractivity contribution in [1.82, 2.24) is 5.32 Å². The highest BCUT2D eigenvalue weighted by atomic mass is 16.4. The molecule has 0 rings (SSSR count). The number of rotatable bonds is 2. The number of aliphatic carboxylic acids is 1. The summed E-state index contributed by atoms with van der Waals surface area (Å²) in [6, 6.07) is 0. The fraction of sp³-hybridized carbons (Fsp3) is 0.667. The van der Waals surface area contributed by atoms with Crippen molar-refractivity contribution < 1.29 is 19.8 Å². The monoisotopic (exact) mass is 163 g/mol. The first-order valence-electron chi connectivity index (χ1n) is 3.17. The molecule has 0 atom stereocenters. The van der Waals surface area contributed by atoms with Crippen LogP contribution >= 0.6 is 0 Å². The maximum atomic E-state index is 9.65. The summed E-state index contributed by atoms with van der Waals surface area (Å²) in [4.78, 5) is 18.6. The van der Waals surface area contributed by atoms with Gasteiger partial charge >= 0.3 is 6.09 Å². The van der Waals surface area contributed by atoms with E-state index in [2.05, 4.69) is 5.32 Å². The van der Waals surface area contributed by atoms with Gasteiger partial charge in [-0.1, -0.05) is 6.92 Å². The van der Waals surface area contributed by atoms with Gasteiger partial charge in [0.15, 0.2) is 0 Å². The van der Waals surface area contributed by atoms with Crippen molar-refractivity contribution in [3.8, 4) is 0 Å². The van der Waals surface area contributed by atoms with Gasteiger partial charge in [0.05, 0.1) is 0 Å². The van der Waals surface area contributed by atoms with Crippen LogP contribution in [0.2, 0.25) is 0 Å². The summed E-state index contributed by atoms with van der Waals surface area (Å²) in [5.74, 6) is -0.833. The molecular weight excluding hydrogens is 150 g/mol. The number of carboxylic acid groups (broad SMARTS) is 2. The Morgan fingerprint density at radius 1 is 1.36 bits per heavy atom. The summed E-state index contributed by atoms with van der Waals surface area (Å²) in [6.45, 7) is 3.55. The number of hydrogen-bond donors (Lipinski definition) is 3. The van der Waals surface area contributed by atoms with Gasteiger partial charge < -0.3 is 15.5 Å². The molecule has 5 nitrogen and oxygen atoms in total. The molecule has 0 aliphatic rings. The zero-order chi connectivity index (χ0) is 9.28. The van der Waals surface area contributed by atoms with Crippen molar-refractivity contribution in [2.45, 2.75) is 20.3 Å². The molecular formula is C6H13NO4. The van der Waals surface area contributed by atoms with E-state index >= 15 is 0 Å². The minimum atomic E-state index is -0.943. The van der Waals surface area contributed by atoms with Gasteiger partial charge in [-0.05, 0) is 6.42 Å². The average molecular weight is 163 g/mol. The third-order valence-corrected chi connectivity index (χ3v) is 0.526. The van der Waals surface area contributed by atoms with E-state index in [1.165, 1.54) is 0 Å². The highest BCUT2D eigenvalue weighted by molar-refractivity contribution is 5.64. The maximum absolute atomic E-state index is 9.65. The molecule has 0 aromatic carbocycles. The van der Waals surface area contributed by atoms with Crippen molar-refractivity contribution in [3.63, 3.8) is 0 Å². The minimum absolute atomic E-state index is 0.551. The van der Waals surface area contributed by atoms with Gasteiger partial charge in [0.25, 0.3) is 5.97 Å². The molecule has 0 aromatic rings. The van der Waals surface area contributed by atoms with E-state index in [4.69, 9.17) is 15.0 Å². The summed E-state index contributed by atoms with van der Waals surface area (Å²) in [5, 5.41) is 17.6. The van der Waals surface area contributed by atoms with Crippen LogP contribution in [0.1, 0.15) is 20.3 Å². The Balaban J connectivity index is 0. The van der Waals surface area contributed by atoms with Crippen LogP contribution in [0.5, 0.6) is 0 Å². The Kier molecular flexibility index (Phi) is 9.87. The van der Waals surface area contributed by atoms with Gasteiger partial charge in [0.2, 0.25) is 0 Å². The van der Waals surface area contributed by atoms with E-state index in [1.54, 1.807) is 0 Å². The Labute approximate surface area is 65.0 Å². The van der Waals surface area contributed by atoms with Gasteiger partial charge in [-0.2, -0.15) is 0 Å². The molecule has 0 radical (unpaired) electrons. The normalized spacial score (nSPS) is 7.45. The van der Waals surface area contributed by atoms with Crippen LogP contribution in [0.4, 0.5) is 4.79 Å². The SMILES string of the molecule is CC(=O)O.CCCNC(=O)O. The highest BCUT2D eigenvalue weighted by Gasteiger charge is 1.86. The lowest BCUT2D eigenvalue weighted by Gasteiger charge is -1.91. The number of nitrogens with one attached hydrogen (secondary N) is 1. The van der Waals surface area contributed by atoms with Crippen molar-refractivity contribution >= 4 is 12.1 Å². The number of hydrogen-bond acceptors (Lipinski definition) is 2. The van der Waals surface area contributed by atoms with Crippen LogP contribution in [0, 0.1) is 0 Å². The second kappa shape index (κ2) is 8.74. The third-order valence-electron chi connectivity index (χ3n) is 0.526. The molecule has 0 fully saturated rings. The zero-order valence-corrected chi connectivity index (χ0v) is 6.63. The highest BCUT2D eigenvalue weighted by Crippen LogP contribution is 1.67. The molecule has 0 aliphatic carbocycles. The largest absolute Gasteiger partial charge is 0.481 e. The summed E-state index contributed by atoms with van der Waals surface area (Å²) in [5.41, 5.74) is 0. The molecule has 11 heavy (non-hydrogen) atoms. The van der Waals surface area contributed by atoms with Crippen LogP contribution in [0.25, 0.3) is 0 Å². The smallest absolute Gasteiger partial charge is 0.404 e. The molecule has 5 heteroatoms. The van der Waals surface area contributed by atoms with E-state index in [0.717, 1.165) is 13.3 Å². The van der Waals surface area contributed by atoms with E-state index < -0.39 is 12.1 Å². The van der Waals surface area contributed by atoms with Crippen LogP contribution in [-0.2, 0) is 4.79 Å². The molecule has 0 aliphatic heterocycles. The summed E-state index contributed by atoms with van der Waals surface area (Å²) < 4.78 is 0. The van der Waals surface area contributed by atoms with Gasteiger partial charge in [0, 0.05) is 13.5 Å².